The molecule has 7 N–H and O–H groups in total. The zero-order valence-corrected chi connectivity index (χ0v) is 11.5. The Bertz CT molecular complexity index is 367. The van der Waals surface area contributed by atoms with Gasteiger partial charge in [0, 0.05) is 5.92 Å². The summed E-state index contributed by atoms with van der Waals surface area (Å²) in [5, 5.41) is 6.70. The van der Waals surface area contributed by atoms with Crippen molar-refractivity contribution in [1.29, 1.82) is 0 Å². The molecule has 0 saturated heterocycles. The van der Waals surface area contributed by atoms with Crippen molar-refractivity contribution < 1.29 is 33.8 Å². The van der Waals surface area contributed by atoms with Gasteiger partial charge in [-0.3, -0.25) is 9.13 Å². The lowest BCUT2D eigenvalue weighted by molar-refractivity contribution is 0.0327. The Balaban J connectivity index is 3.27. The monoisotopic (exact) mass is 303 g/mol. The maximum Gasteiger partial charge on any atom is 0.369 e. The van der Waals surface area contributed by atoms with Crippen LogP contribution in [0.4, 0.5) is 0 Å². The Morgan fingerprint density at radius 3 is 1.89 bits per heavy atom. The van der Waals surface area contributed by atoms with Crippen LogP contribution in [-0.2, 0) is 9.13 Å². The summed E-state index contributed by atoms with van der Waals surface area (Å²) < 4.78 is 22.7. The van der Waals surface area contributed by atoms with Gasteiger partial charge in [0.05, 0.1) is 0 Å². The summed E-state index contributed by atoms with van der Waals surface area (Å²) in [5.74, 6) is -1.71. The molecule has 1 rings (SSSR count). The van der Waals surface area contributed by atoms with E-state index in [0.717, 1.165) is 6.42 Å². The highest BCUT2D eigenvalue weighted by molar-refractivity contribution is 7.72. The predicted molar refractivity (Wildman–Crippen MR) is 63.5 cm³/mol. The van der Waals surface area contributed by atoms with Crippen molar-refractivity contribution in [1.82, 2.24) is 0 Å². The molecule has 0 aromatic heterocycles. The number of nitrogens with two attached hydrogens (primary N) is 1. The first kappa shape index (κ1) is 16.3. The van der Waals surface area contributed by atoms with Crippen LogP contribution in [0.15, 0.2) is 0 Å². The highest BCUT2D eigenvalue weighted by Crippen LogP contribution is 2.72. The molecule has 0 aromatic rings. The molecule has 10 heteroatoms. The largest absolute Gasteiger partial charge is 0.369 e. The van der Waals surface area contributed by atoms with E-state index in [1.165, 1.54) is 0 Å². The number of hydrogen-bond donors (Lipinski definition) is 6. The molecule has 1 aliphatic rings. The van der Waals surface area contributed by atoms with Crippen molar-refractivity contribution in [3.8, 4) is 0 Å². The van der Waals surface area contributed by atoms with Gasteiger partial charge >= 0.3 is 15.2 Å². The molecule has 1 fully saturated rings. The van der Waals surface area contributed by atoms with Crippen LogP contribution in [0, 0.1) is 11.8 Å². The van der Waals surface area contributed by atoms with Crippen LogP contribution in [0.1, 0.15) is 25.7 Å². The van der Waals surface area contributed by atoms with Crippen LogP contribution in [0.25, 0.3) is 0 Å². The van der Waals surface area contributed by atoms with Crippen molar-refractivity contribution in [3.63, 3.8) is 0 Å². The molecule has 0 amide bonds. The number of rotatable bonds is 4. The molecule has 18 heavy (non-hydrogen) atoms. The van der Waals surface area contributed by atoms with Gasteiger partial charge in [-0.15, -0.1) is 0 Å². The van der Waals surface area contributed by atoms with E-state index in [-0.39, 0.29) is 13.0 Å². The van der Waals surface area contributed by atoms with E-state index in [1.807, 2.05) is 0 Å². The van der Waals surface area contributed by atoms with Crippen molar-refractivity contribution in [2.24, 2.45) is 17.6 Å². The fraction of sp³-hybridized carbons (Fsp3) is 1.00. The molecular weight excluding hydrogens is 284 g/mol. The molecule has 0 heterocycles. The Morgan fingerprint density at radius 1 is 1.06 bits per heavy atom. The molecular formula is C8H19NO7P2. The zero-order valence-electron chi connectivity index (χ0n) is 9.71. The second-order valence-corrected chi connectivity index (χ2v) is 8.55. The standard InChI is InChI=1S/C8H19NO7P2/c9-5-6-3-1-2-4-7(6)8(10,17(11,12)13)18(14,15)16/h6-7,10H,1-5,9H2,(H2,11,12,13)(H2,14,15,16). The maximum absolute atomic E-state index is 11.4. The summed E-state index contributed by atoms with van der Waals surface area (Å²) in [6.45, 7) is 0.0208. The third-order valence-corrected chi connectivity index (χ3v) is 7.51. The third kappa shape index (κ3) is 2.71. The molecule has 0 radical (unpaired) electrons. The smallest absolute Gasteiger partial charge is 0.367 e. The zero-order chi connectivity index (χ0) is 14.2. The first-order valence-corrected chi connectivity index (χ1v) is 8.82. The summed E-state index contributed by atoms with van der Waals surface area (Å²) in [4.78, 5) is 36.7. The van der Waals surface area contributed by atoms with E-state index in [9.17, 15) is 14.2 Å². The molecule has 0 spiro atoms. The first-order chi connectivity index (χ1) is 8.05. The SMILES string of the molecule is NCC1CCCCC1C(O)(P(=O)(O)O)P(=O)(O)O. The highest BCUT2D eigenvalue weighted by Gasteiger charge is 2.65. The second-order valence-electron chi connectivity index (χ2n) is 4.66. The Kier molecular flexibility index (Phi) is 4.80. The van der Waals surface area contributed by atoms with Gasteiger partial charge in [0.2, 0.25) is 0 Å². The van der Waals surface area contributed by atoms with E-state index in [4.69, 9.17) is 25.3 Å². The van der Waals surface area contributed by atoms with Crippen molar-refractivity contribution in [2.45, 2.75) is 30.8 Å². The molecule has 0 bridgehead atoms. The topological polar surface area (TPSA) is 161 Å². The fourth-order valence-corrected chi connectivity index (χ4v) is 5.50. The van der Waals surface area contributed by atoms with Crippen molar-refractivity contribution >= 4 is 15.2 Å². The van der Waals surface area contributed by atoms with Crippen molar-refractivity contribution in [2.75, 3.05) is 6.54 Å². The van der Waals surface area contributed by atoms with E-state index >= 15 is 0 Å². The lowest BCUT2D eigenvalue weighted by Gasteiger charge is -2.42. The summed E-state index contributed by atoms with van der Waals surface area (Å²) in [6, 6.07) is 0. The van der Waals surface area contributed by atoms with Crippen LogP contribution in [0.2, 0.25) is 0 Å². The van der Waals surface area contributed by atoms with Gasteiger partial charge in [-0.25, -0.2) is 0 Å². The number of aliphatic hydroxyl groups is 1. The minimum absolute atomic E-state index is 0.0208. The van der Waals surface area contributed by atoms with Crippen LogP contribution in [-0.4, -0.2) is 36.3 Å². The van der Waals surface area contributed by atoms with E-state index < -0.39 is 32.1 Å². The van der Waals surface area contributed by atoms with Crippen molar-refractivity contribution in [3.05, 3.63) is 0 Å². The van der Waals surface area contributed by atoms with Crippen LogP contribution in [0.3, 0.4) is 0 Å². The molecule has 0 aromatic carbocycles. The van der Waals surface area contributed by atoms with Gasteiger partial charge in [0.15, 0.2) is 0 Å². The Morgan fingerprint density at radius 2 is 1.50 bits per heavy atom. The third-order valence-electron chi connectivity index (χ3n) is 3.57. The maximum atomic E-state index is 11.4. The Hall–Kier alpha value is 0.220. The summed E-state index contributed by atoms with van der Waals surface area (Å²) in [5.41, 5.74) is 5.46. The number of hydrogen-bond acceptors (Lipinski definition) is 4. The average Bonchev–Trinajstić information content (AvgIpc) is 2.24. The van der Waals surface area contributed by atoms with E-state index in [0.29, 0.717) is 12.8 Å². The summed E-state index contributed by atoms with van der Waals surface area (Å²) >= 11 is 0. The van der Waals surface area contributed by atoms with Crippen LogP contribution < -0.4 is 5.73 Å². The Labute approximate surface area is 105 Å². The lowest BCUT2D eigenvalue weighted by Crippen LogP contribution is -2.45. The van der Waals surface area contributed by atoms with Gasteiger partial charge < -0.3 is 30.4 Å². The summed E-state index contributed by atoms with van der Waals surface area (Å²) in [7, 11) is -10.8. The van der Waals surface area contributed by atoms with Gasteiger partial charge in [0.1, 0.15) is 0 Å². The molecule has 0 aliphatic heterocycles. The average molecular weight is 303 g/mol. The lowest BCUT2D eigenvalue weighted by atomic mass is 9.79. The van der Waals surface area contributed by atoms with Gasteiger partial charge in [-0.05, 0) is 25.3 Å². The highest BCUT2D eigenvalue weighted by atomic mass is 31.2. The van der Waals surface area contributed by atoms with Crippen LogP contribution >= 0.6 is 15.2 Å². The molecule has 1 saturated carbocycles. The minimum atomic E-state index is -5.39. The summed E-state index contributed by atoms with van der Waals surface area (Å²) in [6.07, 6.45) is 1.93. The quantitative estimate of drug-likeness (QED) is 0.387. The first-order valence-electron chi connectivity index (χ1n) is 5.59. The predicted octanol–water partition coefficient (Wildman–Crippen LogP) is -0.247. The van der Waals surface area contributed by atoms with Gasteiger partial charge in [-0.2, -0.15) is 0 Å². The van der Waals surface area contributed by atoms with Gasteiger partial charge in [0.25, 0.3) is 5.08 Å². The van der Waals surface area contributed by atoms with E-state index in [2.05, 4.69) is 0 Å². The fourth-order valence-electron chi connectivity index (χ4n) is 2.60. The second kappa shape index (κ2) is 5.31. The normalized spacial score (nSPS) is 27.2. The molecule has 1 aliphatic carbocycles. The molecule has 108 valence electrons. The van der Waals surface area contributed by atoms with Crippen LogP contribution in [0.5, 0.6) is 0 Å². The molecule has 8 nitrogen and oxygen atoms in total. The minimum Gasteiger partial charge on any atom is -0.367 e. The molecule has 2 atom stereocenters. The molecule has 2 unspecified atom stereocenters. The van der Waals surface area contributed by atoms with E-state index in [1.54, 1.807) is 0 Å². The van der Waals surface area contributed by atoms with Gasteiger partial charge in [-0.1, -0.05) is 12.8 Å².